The van der Waals surface area contributed by atoms with Crippen LogP contribution in [0.5, 0.6) is 0 Å². The molecule has 0 aromatic carbocycles. The average Bonchev–Trinajstić information content (AvgIpc) is 3.29. The van der Waals surface area contributed by atoms with Gasteiger partial charge in [0.15, 0.2) is 0 Å². The van der Waals surface area contributed by atoms with E-state index in [0.717, 1.165) is 12.8 Å². The predicted molar refractivity (Wildman–Crippen MR) is 119 cm³/mol. The van der Waals surface area contributed by atoms with Crippen molar-refractivity contribution in [3.63, 3.8) is 0 Å². The Labute approximate surface area is 180 Å². The third-order valence-electron chi connectivity index (χ3n) is 2.16. The van der Waals surface area contributed by atoms with Gasteiger partial charge in [-0.15, -0.1) is 0 Å². The highest BCUT2D eigenvalue weighted by Gasteiger charge is 1.92. The highest BCUT2D eigenvalue weighted by molar-refractivity contribution is 5.67. The van der Waals surface area contributed by atoms with Crippen molar-refractivity contribution in [2.24, 2.45) is 0 Å². The second-order valence-corrected chi connectivity index (χ2v) is 4.90. The molecular formula is C23H36O7. The fourth-order valence-electron chi connectivity index (χ4n) is 0.851. The zero-order valence-corrected chi connectivity index (χ0v) is 18.5. The summed E-state index contributed by atoms with van der Waals surface area (Å²) >= 11 is 0. The number of hydrogen-bond donors (Lipinski definition) is 1. The Kier molecular flexibility index (Phi) is 38.2. The summed E-state index contributed by atoms with van der Waals surface area (Å²) in [6.45, 7) is 16.9. The number of unbranched alkanes of at least 4 members (excludes halogenated alkanes) is 1. The molecule has 0 atom stereocenters. The van der Waals surface area contributed by atoms with Gasteiger partial charge in [0.2, 0.25) is 0 Å². The Morgan fingerprint density at radius 3 is 1.77 bits per heavy atom. The fraction of sp³-hybridized carbons (Fsp3) is 0.348. The van der Waals surface area contributed by atoms with Crippen LogP contribution in [0.2, 0.25) is 0 Å². The van der Waals surface area contributed by atoms with Gasteiger partial charge in [0.1, 0.15) is 12.0 Å². The molecule has 1 N–H and O–H groups in total. The molecule has 30 heavy (non-hydrogen) atoms. The zero-order valence-electron chi connectivity index (χ0n) is 18.5. The van der Waals surface area contributed by atoms with Gasteiger partial charge < -0.3 is 19.0 Å². The van der Waals surface area contributed by atoms with Crippen molar-refractivity contribution in [3.05, 3.63) is 74.6 Å². The number of carbonyl (C=O) groups is 3. The van der Waals surface area contributed by atoms with Gasteiger partial charge in [-0.05, 0) is 30.7 Å². The molecule has 1 rings (SSSR count). The highest BCUT2D eigenvalue weighted by Crippen LogP contribution is 1.97. The topological polar surface area (TPSA) is 103 Å². The normalized spacial score (nSPS) is 8.03. The van der Waals surface area contributed by atoms with Crippen LogP contribution in [-0.2, 0) is 23.9 Å². The number of allylic oxidation sites excluding steroid dienone is 4. The molecule has 1 heterocycles. The van der Waals surface area contributed by atoms with Gasteiger partial charge in [0.05, 0.1) is 18.8 Å². The first-order chi connectivity index (χ1) is 14.3. The maximum atomic E-state index is 10.1. The molecule has 0 unspecified atom stereocenters. The molecule has 170 valence electrons. The van der Waals surface area contributed by atoms with Crippen molar-refractivity contribution in [1.29, 1.82) is 0 Å². The Morgan fingerprint density at radius 1 is 1.07 bits per heavy atom. The first-order valence-corrected chi connectivity index (χ1v) is 9.22. The third-order valence-corrected chi connectivity index (χ3v) is 2.16. The second kappa shape index (κ2) is 33.4. The molecule has 0 spiro atoms. The van der Waals surface area contributed by atoms with E-state index in [0.29, 0.717) is 25.1 Å². The first kappa shape index (κ1) is 34.3. The maximum absolute atomic E-state index is 10.1. The maximum Gasteiger partial charge on any atom is 0.307 e. The number of rotatable bonds is 7. The lowest BCUT2D eigenvalue weighted by molar-refractivity contribution is -0.137. The minimum Gasteiger partial charge on any atom is -0.473 e. The standard InChI is InChI=1S/C6H10O2.C6H8O2.C4H4O.C4H10O.C3H4O/c1-4-5(2)8-6(3)7;1-3-4-5-8-6(2)7;1-2-4-5-3-1;1-2-3-4-5;1-2-3-4/h2,4H2,1,3H3;3-5H,1H2,2H3;1-4H;5H,2-4H2,1H3;2-3H,1H2. The average molecular weight is 425 g/mol. The summed E-state index contributed by atoms with van der Waals surface area (Å²) in [5, 5.41) is 8.07. The lowest BCUT2D eigenvalue weighted by atomic mass is 10.4. The van der Waals surface area contributed by atoms with Crippen LogP contribution in [0.3, 0.4) is 0 Å². The summed E-state index contributed by atoms with van der Waals surface area (Å²) in [6.07, 6.45) is 12.2. The second-order valence-electron chi connectivity index (χ2n) is 4.90. The number of ether oxygens (including phenoxy) is 2. The van der Waals surface area contributed by atoms with Gasteiger partial charge in [0.25, 0.3) is 0 Å². The molecule has 1 aromatic rings. The number of hydrogen-bond acceptors (Lipinski definition) is 7. The monoisotopic (exact) mass is 424 g/mol. The van der Waals surface area contributed by atoms with E-state index >= 15 is 0 Å². The van der Waals surface area contributed by atoms with Crippen molar-refractivity contribution in [1.82, 2.24) is 0 Å². The Morgan fingerprint density at radius 2 is 1.60 bits per heavy atom. The van der Waals surface area contributed by atoms with E-state index in [2.05, 4.69) is 40.6 Å². The summed E-state index contributed by atoms with van der Waals surface area (Å²) in [5.74, 6) is -0.0857. The van der Waals surface area contributed by atoms with Crippen molar-refractivity contribution < 1.29 is 33.4 Å². The van der Waals surface area contributed by atoms with E-state index in [9.17, 15) is 9.59 Å². The fourth-order valence-corrected chi connectivity index (χ4v) is 0.851. The van der Waals surface area contributed by atoms with Crippen LogP contribution < -0.4 is 0 Å². The van der Waals surface area contributed by atoms with Crippen LogP contribution in [0.15, 0.2) is 79.1 Å². The Hall–Kier alpha value is -3.19. The van der Waals surface area contributed by atoms with Crippen molar-refractivity contribution in [3.8, 4) is 0 Å². The molecular weight excluding hydrogens is 388 g/mol. The first-order valence-electron chi connectivity index (χ1n) is 9.22. The number of aliphatic hydroxyl groups excluding tert-OH is 1. The summed E-state index contributed by atoms with van der Waals surface area (Å²) in [5.41, 5.74) is 0. The van der Waals surface area contributed by atoms with Gasteiger partial charge >= 0.3 is 11.9 Å². The quantitative estimate of drug-likeness (QED) is 0.212. The molecule has 0 radical (unpaired) electrons. The van der Waals surface area contributed by atoms with Crippen LogP contribution in [0.25, 0.3) is 0 Å². The van der Waals surface area contributed by atoms with E-state index in [4.69, 9.17) is 9.90 Å². The third kappa shape index (κ3) is 56.3. The molecule has 7 heteroatoms. The molecule has 7 nitrogen and oxygen atoms in total. The molecule has 0 aliphatic heterocycles. The smallest absolute Gasteiger partial charge is 0.307 e. The number of esters is 2. The number of furan rings is 1. The van der Waals surface area contributed by atoms with E-state index in [-0.39, 0.29) is 11.9 Å². The molecule has 0 aliphatic rings. The van der Waals surface area contributed by atoms with Gasteiger partial charge in [-0.25, -0.2) is 0 Å². The van der Waals surface area contributed by atoms with E-state index in [1.165, 1.54) is 32.3 Å². The van der Waals surface area contributed by atoms with Crippen LogP contribution in [0, 0.1) is 0 Å². The predicted octanol–water partition coefficient (Wildman–Crippen LogP) is 5.15. The molecule has 0 fully saturated rings. The molecule has 0 saturated carbocycles. The molecule has 0 amide bonds. The van der Waals surface area contributed by atoms with Gasteiger partial charge in [-0.3, -0.25) is 14.4 Å². The summed E-state index contributed by atoms with van der Waals surface area (Å²) < 4.78 is 13.5. The largest absolute Gasteiger partial charge is 0.473 e. The minimum absolute atomic E-state index is 0.295. The number of carbonyl (C=O) groups excluding carboxylic acids is 3. The lowest BCUT2D eigenvalue weighted by Crippen LogP contribution is -1.95. The van der Waals surface area contributed by atoms with E-state index in [1.807, 2.05) is 19.1 Å². The minimum atomic E-state index is -0.317. The SMILES string of the molecule is C=C(CC)OC(C)=O.C=CC=COC(C)=O.C=CC=O.CCCCO.c1ccoc1. The summed E-state index contributed by atoms with van der Waals surface area (Å²) in [4.78, 5) is 29.2. The highest BCUT2D eigenvalue weighted by atomic mass is 16.5. The van der Waals surface area contributed by atoms with Crippen LogP contribution >= 0.6 is 0 Å². The van der Waals surface area contributed by atoms with Gasteiger partial charge in [-0.2, -0.15) is 0 Å². The number of aldehydes is 1. The molecule has 1 aromatic heterocycles. The Balaban J connectivity index is -0.000000145. The van der Waals surface area contributed by atoms with Crippen LogP contribution in [-0.4, -0.2) is 29.9 Å². The molecule has 0 saturated heterocycles. The van der Waals surface area contributed by atoms with Crippen molar-refractivity contribution >= 4 is 18.2 Å². The number of aliphatic hydroxyl groups is 1. The summed E-state index contributed by atoms with van der Waals surface area (Å²) in [7, 11) is 0. The van der Waals surface area contributed by atoms with E-state index in [1.54, 1.807) is 18.6 Å². The lowest BCUT2D eigenvalue weighted by Gasteiger charge is -1.98. The summed E-state index contributed by atoms with van der Waals surface area (Å²) in [6, 6.07) is 3.67. The van der Waals surface area contributed by atoms with Crippen LogP contribution in [0.4, 0.5) is 0 Å². The van der Waals surface area contributed by atoms with E-state index < -0.39 is 0 Å². The van der Waals surface area contributed by atoms with Gasteiger partial charge in [-0.1, -0.05) is 46.1 Å². The molecule has 0 aliphatic carbocycles. The van der Waals surface area contributed by atoms with Crippen molar-refractivity contribution in [2.75, 3.05) is 6.61 Å². The van der Waals surface area contributed by atoms with Crippen LogP contribution in [0.1, 0.15) is 47.0 Å². The Bertz CT molecular complexity index is 533. The van der Waals surface area contributed by atoms with Crippen molar-refractivity contribution in [2.45, 2.75) is 47.0 Å². The van der Waals surface area contributed by atoms with Gasteiger partial charge in [0, 0.05) is 26.9 Å². The zero-order chi connectivity index (χ0) is 24.0. The molecule has 0 bridgehead atoms.